The molecular weight excluding hydrogens is 260 g/mol. The van der Waals surface area contributed by atoms with Crippen LogP contribution in [-0.2, 0) is 11.3 Å². The van der Waals surface area contributed by atoms with Crippen molar-refractivity contribution < 1.29 is 9.47 Å². The predicted molar refractivity (Wildman–Crippen MR) is 74.9 cm³/mol. The summed E-state index contributed by atoms with van der Waals surface area (Å²) in [5.41, 5.74) is 5.16. The van der Waals surface area contributed by atoms with Gasteiger partial charge in [-0.1, -0.05) is 6.92 Å². The number of ether oxygens (including phenoxy) is 2. The highest BCUT2D eigenvalue weighted by atomic mass is 16.5. The Bertz CT molecular complexity index is 477. The first kappa shape index (κ1) is 15.0. The molecule has 1 saturated heterocycles. The van der Waals surface area contributed by atoms with E-state index < -0.39 is 0 Å². The molecule has 2 N–H and O–H groups in total. The monoisotopic (exact) mass is 282 g/mol. The number of nitrogens with zero attached hydrogens (tertiary/aromatic N) is 3. The Morgan fingerprint density at radius 3 is 3.15 bits per heavy atom. The number of hydrogen-bond donors (Lipinski definition) is 1. The normalized spacial score (nSPS) is 20.0. The summed E-state index contributed by atoms with van der Waals surface area (Å²) in [6.07, 6.45) is 1.54. The lowest BCUT2D eigenvalue weighted by atomic mass is 10.2. The third-order valence-electron chi connectivity index (χ3n) is 3.28. The van der Waals surface area contributed by atoms with E-state index in [9.17, 15) is 4.79 Å². The largest absolute Gasteiger partial charge is 0.490 e. The van der Waals surface area contributed by atoms with Gasteiger partial charge in [-0.05, 0) is 6.54 Å². The van der Waals surface area contributed by atoms with E-state index in [4.69, 9.17) is 15.2 Å². The van der Waals surface area contributed by atoms with Crippen molar-refractivity contribution in [2.24, 2.45) is 5.73 Å². The van der Waals surface area contributed by atoms with Gasteiger partial charge >= 0.3 is 0 Å². The van der Waals surface area contributed by atoms with Crippen LogP contribution in [0.3, 0.4) is 0 Å². The van der Waals surface area contributed by atoms with Gasteiger partial charge in [0, 0.05) is 25.7 Å². The zero-order valence-electron chi connectivity index (χ0n) is 11.8. The van der Waals surface area contributed by atoms with Crippen LogP contribution in [0.15, 0.2) is 17.1 Å². The SMILES string of the molecule is CCN1CCOC(Cn2ncc(OCCN)cc2=O)C1. The molecule has 1 atom stereocenters. The van der Waals surface area contributed by atoms with E-state index in [1.165, 1.54) is 16.9 Å². The molecule has 1 unspecified atom stereocenters. The summed E-state index contributed by atoms with van der Waals surface area (Å²) >= 11 is 0. The standard InChI is InChI=1S/C13H22N4O3/c1-2-16-4-6-20-12(9-16)10-17-13(18)7-11(8-15-17)19-5-3-14/h7-8,12H,2-6,9-10,14H2,1H3. The van der Waals surface area contributed by atoms with E-state index in [2.05, 4.69) is 16.9 Å². The van der Waals surface area contributed by atoms with Crippen molar-refractivity contribution in [3.05, 3.63) is 22.6 Å². The molecule has 0 spiro atoms. The van der Waals surface area contributed by atoms with Gasteiger partial charge in [0.05, 0.1) is 25.5 Å². The zero-order chi connectivity index (χ0) is 14.4. The highest BCUT2D eigenvalue weighted by molar-refractivity contribution is 5.13. The fraction of sp³-hybridized carbons (Fsp3) is 0.692. The first-order valence-corrected chi connectivity index (χ1v) is 6.97. The van der Waals surface area contributed by atoms with E-state index in [1.54, 1.807) is 0 Å². The molecule has 2 heterocycles. The summed E-state index contributed by atoms with van der Waals surface area (Å²) in [6, 6.07) is 1.43. The van der Waals surface area contributed by atoms with Gasteiger partial charge in [-0.2, -0.15) is 5.10 Å². The maximum Gasteiger partial charge on any atom is 0.270 e. The van der Waals surface area contributed by atoms with Crippen LogP contribution in [0.4, 0.5) is 0 Å². The van der Waals surface area contributed by atoms with E-state index in [0.29, 0.717) is 32.1 Å². The second-order valence-electron chi connectivity index (χ2n) is 4.73. The van der Waals surface area contributed by atoms with Crippen molar-refractivity contribution in [3.63, 3.8) is 0 Å². The van der Waals surface area contributed by atoms with Gasteiger partial charge in [-0.15, -0.1) is 0 Å². The average molecular weight is 282 g/mol. The topological polar surface area (TPSA) is 82.6 Å². The molecule has 1 aromatic rings. The van der Waals surface area contributed by atoms with Crippen LogP contribution >= 0.6 is 0 Å². The summed E-state index contributed by atoms with van der Waals surface area (Å²) in [5, 5.41) is 4.12. The molecule has 0 aromatic carbocycles. The van der Waals surface area contributed by atoms with Crippen molar-refractivity contribution in [2.45, 2.75) is 19.6 Å². The molecule has 2 rings (SSSR count). The summed E-state index contributed by atoms with van der Waals surface area (Å²) in [7, 11) is 0. The summed E-state index contributed by atoms with van der Waals surface area (Å²) < 4.78 is 12.4. The van der Waals surface area contributed by atoms with Crippen LogP contribution in [0, 0.1) is 0 Å². The van der Waals surface area contributed by atoms with E-state index >= 15 is 0 Å². The minimum Gasteiger partial charge on any atom is -0.490 e. The average Bonchev–Trinajstić information content (AvgIpc) is 2.48. The molecule has 112 valence electrons. The quantitative estimate of drug-likeness (QED) is 0.743. The van der Waals surface area contributed by atoms with Gasteiger partial charge in [-0.3, -0.25) is 9.69 Å². The molecule has 0 saturated carbocycles. The second-order valence-corrected chi connectivity index (χ2v) is 4.73. The Kier molecular flexibility index (Phi) is 5.51. The highest BCUT2D eigenvalue weighted by Crippen LogP contribution is 2.07. The maximum atomic E-state index is 11.9. The van der Waals surface area contributed by atoms with Crippen molar-refractivity contribution in [2.75, 3.05) is 39.4 Å². The van der Waals surface area contributed by atoms with Crippen molar-refractivity contribution in [1.29, 1.82) is 0 Å². The smallest absolute Gasteiger partial charge is 0.270 e. The molecule has 1 aliphatic heterocycles. The number of likely N-dealkylation sites (N-methyl/N-ethyl adjacent to an activating group) is 1. The van der Waals surface area contributed by atoms with Crippen LogP contribution in [-0.4, -0.2) is 60.2 Å². The summed E-state index contributed by atoms with van der Waals surface area (Å²) in [5.74, 6) is 0.455. The Morgan fingerprint density at radius 1 is 1.60 bits per heavy atom. The number of morpholine rings is 1. The summed E-state index contributed by atoms with van der Waals surface area (Å²) in [4.78, 5) is 14.3. The van der Waals surface area contributed by atoms with Crippen molar-refractivity contribution in [3.8, 4) is 5.75 Å². The molecule has 7 heteroatoms. The first-order chi connectivity index (χ1) is 9.72. The number of aromatic nitrogens is 2. The lowest BCUT2D eigenvalue weighted by molar-refractivity contribution is -0.0364. The minimum atomic E-state index is -0.184. The Morgan fingerprint density at radius 2 is 2.45 bits per heavy atom. The van der Waals surface area contributed by atoms with Gasteiger partial charge in [-0.25, -0.2) is 4.68 Å². The fourth-order valence-corrected chi connectivity index (χ4v) is 2.18. The number of nitrogens with two attached hydrogens (primary N) is 1. The highest BCUT2D eigenvalue weighted by Gasteiger charge is 2.20. The van der Waals surface area contributed by atoms with Crippen LogP contribution in [0.2, 0.25) is 0 Å². The van der Waals surface area contributed by atoms with E-state index in [-0.39, 0.29) is 11.7 Å². The molecular formula is C13H22N4O3. The van der Waals surface area contributed by atoms with Gasteiger partial charge < -0.3 is 15.2 Å². The molecule has 20 heavy (non-hydrogen) atoms. The van der Waals surface area contributed by atoms with Gasteiger partial charge in [0.2, 0.25) is 0 Å². The molecule has 1 fully saturated rings. The third kappa shape index (κ3) is 4.03. The van der Waals surface area contributed by atoms with Crippen LogP contribution in [0.25, 0.3) is 0 Å². The molecule has 0 aliphatic carbocycles. The van der Waals surface area contributed by atoms with Crippen LogP contribution < -0.4 is 16.0 Å². The Labute approximate surface area is 118 Å². The van der Waals surface area contributed by atoms with Crippen molar-refractivity contribution in [1.82, 2.24) is 14.7 Å². The Balaban J connectivity index is 1.97. The third-order valence-corrected chi connectivity index (χ3v) is 3.28. The van der Waals surface area contributed by atoms with Crippen LogP contribution in [0.5, 0.6) is 5.75 Å². The lowest BCUT2D eigenvalue weighted by Gasteiger charge is -2.31. The summed E-state index contributed by atoms with van der Waals surface area (Å²) in [6.45, 7) is 6.84. The van der Waals surface area contributed by atoms with Gasteiger partial charge in [0.1, 0.15) is 12.4 Å². The maximum absolute atomic E-state index is 11.9. The van der Waals surface area contributed by atoms with Gasteiger partial charge in [0.25, 0.3) is 5.56 Å². The van der Waals surface area contributed by atoms with E-state index in [0.717, 1.165) is 19.6 Å². The lowest BCUT2D eigenvalue weighted by Crippen LogP contribution is -2.45. The number of rotatable bonds is 6. The second kappa shape index (κ2) is 7.37. The van der Waals surface area contributed by atoms with Crippen LogP contribution in [0.1, 0.15) is 6.92 Å². The van der Waals surface area contributed by atoms with Crippen molar-refractivity contribution >= 4 is 0 Å². The molecule has 0 amide bonds. The Hall–Kier alpha value is -1.44. The molecule has 0 bridgehead atoms. The minimum absolute atomic E-state index is 0.00436. The van der Waals surface area contributed by atoms with E-state index in [1.807, 2.05) is 0 Å². The molecule has 7 nitrogen and oxygen atoms in total. The first-order valence-electron chi connectivity index (χ1n) is 6.97. The molecule has 1 aromatic heterocycles. The zero-order valence-corrected chi connectivity index (χ0v) is 11.8. The molecule has 1 aliphatic rings. The number of hydrogen-bond acceptors (Lipinski definition) is 6. The fourth-order valence-electron chi connectivity index (χ4n) is 2.18. The predicted octanol–water partition coefficient (Wildman–Crippen LogP) is -0.698. The van der Waals surface area contributed by atoms with Gasteiger partial charge in [0.15, 0.2) is 0 Å². The molecule has 0 radical (unpaired) electrons.